The SMILES string of the molecule is CC(C)C1CC(NCC2CSCCS2)CCO1. The van der Waals surface area contributed by atoms with Gasteiger partial charge in [-0.2, -0.15) is 23.5 Å². The van der Waals surface area contributed by atoms with E-state index in [0.29, 0.717) is 18.1 Å². The van der Waals surface area contributed by atoms with Gasteiger partial charge in [-0.25, -0.2) is 0 Å². The lowest BCUT2D eigenvalue weighted by Gasteiger charge is -2.33. The van der Waals surface area contributed by atoms with Crippen LogP contribution in [0.2, 0.25) is 0 Å². The van der Waals surface area contributed by atoms with Gasteiger partial charge < -0.3 is 10.1 Å². The summed E-state index contributed by atoms with van der Waals surface area (Å²) in [5.41, 5.74) is 0. The summed E-state index contributed by atoms with van der Waals surface area (Å²) in [7, 11) is 0. The Kier molecular flexibility index (Phi) is 6.00. The summed E-state index contributed by atoms with van der Waals surface area (Å²) in [6.07, 6.45) is 2.85. The van der Waals surface area contributed by atoms with E-state index in [4.69, 9.17) is 4.74 Å². The second-order valence-corrected chi connectivity index (χ2v) is 7.91. The predicted octanol–water partition coefficient (Wildman–Crippen LogP) is 2.63. The van der Waals surface area contributed by atoms with Crippen LogP contribution in [0.15, 0.2) is 0 Å². The van der Waals surface area contributed by atoms with Crippen LogP contribution < -0.4 is 5.32 Å². The number of thioether (sulfide) groups is 2. The van der Waals surface area contributed by atoms with Gasteiger partial charge in [0.1, 0.15) is 0 Å². The number of nitrogens with one attached hydrogen (secondary N) is 1. The molecule has 0 aliphatic carbocycles. The zero-order valence-corrected chi connectivity index (χ0v) is 12.6. The molecule has 2 rings (SSSR count). The molecule has 2 aliphatic heterocycles. The van der Waals surface area contributed by atoms with Gasteiger partial charge in [-0.1, -0.05) is 13.8 Å². The fourth-order valence-corrected chi connectivity index (χ4v) is 5.06. The largest absolute Gasteiger partial charge is 0.378 e. The first-order valence-electron chi connectivity index (χ1n) is 6.80. The highest BCUT2D eigenvalue weighted by Crippen LogP contribution is 2.24. The Labute approximate surface area is 114 Å². The molecule has 2 nitrogen and oxygen atoms in total. The maximum atomic E-state index is 5.81. The fraction of sp³-hybridized carbons (Fsp3) is 1.00. The maximum absolute atomic E-state index is 5.81. The minimum absolute atomic E-state index is 0.467. The van der Waals surface area contributed by atoms with Crippen LogP contribution >= 0.6 is 23.5 Å². The van der Waals surface area contributed by atoms with Gasteiger partial charge in [0.2, 0.25) is 0 Å². The van der Waals surface area contributed by atoms with Gasteiger partial charge in [0.05, 0.1) is 6.10 Å². The Bertz CT molecular complexity index is 219. The summed E-state index contributed by atoms with van der Waals surface area (Å²) in [6, 6.07) is 0.684. The summed E-state index contributed by atoms with van der Waals surface area (Å²) in [6.45, 7) is 6.65. The Hall–Kier alpha value is 0.620. The second-order valence-electron chi connectivity index (χ2n) is 5.35. The van der Waals surface area contributed by atoms with Crippen LogP contribution in [0.25, 0.3) is 0 Å². The van der Waals surface area contributed by atoms with Crippen molar-refractivity contribution in [2.75, 3.05) is 30.4 Å². The molecule has 0 aromatic rings. The van der Waals surface area contributed by atoms with Crippen LogP contribution in [0.5, 0.6) is 0 Å². The fourth-order valence-electron chi connectivity index (χ4n) is 2.43. The minimum atomic E-state index is 0.467. The van der Waals surface area contributed by atoms with E-state index in [0.717, 1.165) is 11.9 Å². The molecule has 0 aromatic heterocycles. The molecule has 3 atom stereocenters. The molecule has 4 heteroatoms. The monoisotopic (exact) mass is 275 g/mol. The van der Waals surface area contributed by atoms with Crippen LogP contribution in [0.4, 0.5) is 0 Å². The second kappa shape index (κ2) is 7.27. The highest BCUT2D eigenvalue weighted by atomic mass is 32.2. The molecular weight excluding hydrogens is 250 g/mol. The van der Waals surface area contributed by atoms with Gasteiger partial charge in [-0.05, 0) is 18.8 Å². The first-order valence-corrected chi connectivity index (χ1v) is 9.00. The standard InChI is InChI=1S/C13H25NOS2/c1-10(2)13-7-11(3-4-15-13)14-8-12-9-16-5-6-17-12/h10-14H,3-9H2,1-2H3. The van der Waals surface area contributed by atoms with Crippen molar-refractivity contribution in [3.8, 4) is 0 Å². The van der Waals surface area contributed by atoms with E-state index in [9.17, 15) is 0 Å². The summed E-state index contributed by atoms with van der Waals surface area (Å²) >= 11 is 4.25. The number of ether oxygens (including phenoxy) is 1. The summed E-state index contributed by atoms with van der Waals surface area (Å²) < 4.78 is 5.81. The zero-order valence-electron chi connectivity index (χ0n) is 11.0. The summed E-state index contributed by atoms with van der Waals surface area (Å²) in [4.78, 5) is 0. The molecule has 2 heterocycles. The molecule has 0 amide bonds. The van der Waals surface area contributed by atoms with Crippen LogP contribution in [0.1, 0.15) is 26.7 Å². The van der Waals surface area contributed by atoms with Gasteiger partial charge >= 0.3 is 0 Å². The molecule has 0 spiro atoms. The number of rotatable bonds is 4. The molecule has 2 aliphatic rings. The molecule has 0 radical (unpaired) electrons. The van der Waals surface area contributed by atoms with Crippen molar-refractivity contribution in [3.05, 3.63) is 0 Å². The average molecular weight is 275 g/mol. The van der Waals surface area contributed by atoms with Crippen molar-refractivity contribution in [2.45, 2.75) is 44.1 Å². The van der Waals surface area contributed by atoms with Crippen molar-refractivity contribution in [1.29, 1.82) is 0 Å². The van der Waals surface area contributed by atoms with E-state index in [1.165, 1.54) is 36.6 Å². The van der Waals surface area contributed by atoms with E-state index >= 15 is 0 Å². The molecule has 1 N–H and O–H groups in total. The Morgan fingerprint density at radius 3 is 2.94 bits per heavy atom. The lowest BCUT2D eigenvalue weighted by atomic mass is 9.95. The summed E-state index contributed by atoms with van der Waals surface area (Å²) in [5.74, 6) is 4.65. The first kappa shape index (κ1) is 14.0. The predicted molar refractivity (Wildman–Crippen MR) is 79.2 cm³/mol. The normalized spacial score (nSPS) is 35.1. The maximum Gasteiger partial charge on any atom is 0.0612 e. The average Bonchev–Trinajstić information content (AvgIpc) is 2.38. The molecule has 3 unspecified atom stereocenters. The van der Waals surface area contributed by atoms with Gasteiger partial charge in [0.15, 0.2) is 0 Å². The van der Waals surface area contributed by atoms with Crippen LogP contribution in [0.3, 0.4) is 0 Å². The van der Waals surface area contributed by atoms with E-state index in [1.807, 2.05) is 0 Å². The smallest absolute Gasteiger partial charge is 0.0612 e. The zero-order chi connectivity index (χ0) is 12.1. The quantitative estimate of drug-likeness (QED) is 0.851. The van der Waals surface area contributed by atoms with Crippen molar-refractivity contribution < 1.29 is 4.74 Å². The van der Waals surface area contributed by atoms with Gasteiger partial charge in [0.25, 0.3) is 0 Å². The lowest BCUT2D eigenvalue weighted by Crippen LogP contribution is -2.43. The molecular formula is C13H25NOS2. The van der Waals surface area contributed by atoms with Crippen molar-refractivity contribution >= 4 is 23.5 Å². The lowest BCUT2D eigenvalue weighted by molar-refractivity contribution is -0.0241. The van der Waals surface area contributed by atoms with Crippen LogP contribution in [0, 0.1) is 5.92 Å². The highest BCUT2D eigenvalue weighted by molar-refractivity contribution is 8.06. The third kappa shape index (κ3) is 4.66. The molecule has 0 aromatic carbocycles. The Morgan fingerprint density at radius 2 is 2.24 bits per heavy atom. The van der Waals surface area contributed by atoms with Gasteiger partial charge in [-0.15, -0.1) is 0 Å². The number of hydrogen-bond donors (Lipinski definition) is 1. The topological polar surface area (TPSA) is 21.3 Å². The summed E-state index contributed by atoms with van der Waals surface area (Å²) in [5, 5.41) is 4.59. The minimum Gasteiger partial charge on any atom is -0.378 e. The van der Waals surface area contributed by atoms with Crippen molar-refractivity contribution in [1.82, 2.24) is 5.32 Å². The Morgan fingerprint density at radius 1 is 1.35 bits per heavy atom. The Balaban J connectivity index is 1.67. The highest BCUT2D eigenvalue weighted by Gasteiger charge is 2.25. The number of hydrogen-bond acceptors (Lipinski definition) is 4. The van der Waals surface area contributed by atoms with E-state index in [-0.39, 0.29) is 0 Å². The first-order chi connectivity index (χ1) is 8.25. The molecule has 2 saturated heterocycles. The van der Waals surface area contributed by atoms with Crippen LogP contribution in [-0.4, -0.2) is 47.8 Å². The molecule has 0 saturated carbocycles. The molecule has 2 fully saturated rings. The third-order valence-corrected chi connectivity index (χ3v) is 6.42. The van der Waals surface area contributed by atoms with E-state index < -0.39 is 0 Å². The molecule has 17 heavy (non-hydrogen) atoms. The van der Waals surface area contributed by atoms with Crippen molar-refractivity contribution in [2.24, 2.45) is 5.92 Å². The van der Waals surface area contributed by atoms with Crippen molar-refractivity contribution in [3.63, 3.8) is 0 Å². The van der Waals surface area contributed by atoms with Crippen LogP contribution in [-0.2, 0) is 4.74 Å². The molecule has 0 bridgehead atoms. The molecule has 100 valence electrons. The van der Waals surface area contributed by atoms with E-state index in [1.54, 1.807) is 0 Å². The van der Waals surface area contributed by atoms with Gasteiger partial charge in [0, 0.05) is 41.7 Å². The van der Waals surface area contributed by atoms with E-state index in [2.05, 4.69) is 42.7 Å². The third-order valence-electron chi connectivity index (χ3n) is 3.58. The van der Waals surface area contributed by atoms with Gasteiger partial charge in [-0.3, -0.25) is 0 Å².